The molecule has 158 valence electrons. The van der Waals surface area contributed by atoms with Gasteiger partial charge < -0.3 is 10.2 Å². The lowest BCUT2D eigenvalue weighted by Gasteiger charge is -2.25. The lowest BCUT2D eigenvalue weighted by atomic mass is 10.1. The fraction of sp³-hybridized carbons (Fsp3) is 0.348. The summed E-state index contributed by atoms with van der Waals surface area (Å²) in [4.78, 5) is 19.3. The number of nitrogens with one attached hydrogen (secondary N) is 1. The molecule has 1 amide bonds. The molecule has 0 atom stereocenters. The van der Waals surface area contributed by atoms with Gasteiger partial charge in [0.2, 0.25) is 11.0 Å². The smallest absolute Gasteiger partial charge is 0.226 e. The first-order chi connectivity index (χ1) is 14.3. The number of halogens is 1. The molecule has 3 rings (SSSR count). The van der Waals surface area contributed by atoms with Crippen molar-refractivity contribution in [3.05, 3.63) is 70.0 Å². The predicted octanol–water partition coefficient (Wildman–Crippen LogP) is 5.64. The first-order valence-electron chi connectivity index (χ1n) is 10.0. The third-order valence-corrected chi connectivity index (χ3v) is 6.02. The maximum atomic E-state index is 12.5. The van der Waals surface area contributed by atoms with Crippen LogP contribution in [0, 0.1) is 13.8 Å². The van der Waals surface area contributed by atoms with Gasteiger partial charge >= 0.3 is 0 Å². The molecule has 5 nitrogen and oxygen atoms in total. The Labute approximate surface area is 187 Å². The minimum absolute atomic E-state index is 0.00481. The molecule has 3 aromatic rings. The van der Waals surface area contributed by atoms with Crippen LogP contribution in [0.4, 0.5) is 10.8 Å². The molecule has 1 N–H and O–H groups in total. The van der Waals surface area contributed by atoms with Gasteiger partial charge in [0.05, 0.1) is 0 Å². The van der Waals surface area contributed by atoms with Crippen LogP contribution in [0.1, 0.15) is 42.8 Å². The maximum Gasteiger partial charge on any atom is 0.226 e. The number of rotatable bonds is 8. The van der Waals surface area contributed by atoms with Gasteiger partial charge in [0, 0.05) is 47.7 Å². The fourth-order valence-electron chi connectivity index (χ4n) is 3.06. The Morgan fingerprint density at radius 1 is 1.13 bits per heavy atom. The molecule has 0 radical (unpaired) electrons. The van der Waals surface area contributed by atoms with Crippen LogP contribution in [-0.2, 0) is 11.2 Å². The minimum Gasteiger partial charge on any atom is -0.344 e. The van der Waals surface area contributed by atoms with Gasteiger partial charge in [-0.05, 0) is 68.7 Å². The van der Waals surface area contributed by atoms with E-state index in [1.165, 1.54) is 22.7 Å². The standard InChI is InChI=1S/C23H27ClN4OS/c1-15(2)28(12-11-22(29)25-20-10-5-16(3)17(4)13-20)23-26-21(27-30-23)14-18-6-8-19(24)9-7-18/h5-10,13,15H,11-12,14H2,1-4H3,(H,25,29). The molecule has 0 bridgehead atoms. The molecule has 0 saturated carbocycles. The highest BCUT2D eigenvalue weighted by molar-refractivity contribution is 7.09. The molecule has 7 heteroatoms. The zero-order chi connectivity index (χ0) is 21.7. The number of nitrogens with zero attached hydrogens (tertiary/aromatic N) is 3. The van der Waals surface area contributed by atoms with E-state index in [0.29, 0.717) is 19.4 Å². The molecular formula is C23H27ClN4OS. The van der Waals surface area contributed by atoms with Crippen molar-refractivity contribution in [1.29, 1.82) is 0 Å². The Balaban J connectivity index is 1.60. The second-order valence-corrected chi connectivity index (χ2v) is 8.85. The Morgan fingerprint density at radius 3 is 2.53 bits per heavy atom. The number of carbonyl (C=O) groups is 1. The molecule has 0 unspecified atom stereocenters. The van der Waals surface area contributed by atoms with E-state index in [1.807, 2.05) is 49.4 Å². The summed E-state index contributed by atoms with van der Waals surface area (Å²) in [5.41, 5.74) is 4.33. The number of aromatic nitrogens is 2. The van der Waals surface area contributed by atoms with E-state index in [0.717, 1.165) is 27.2 Å². The Bertz CT molecular complexity index is 1000. The molecule has 0 saturated heterocycles. The van der Waals surface area contributed by atoms with Crippen molar-refractivity contribution in [1.82, 2.24) is 9.36 Å². The Morgan fingerprint density at radius 2 is 1.87 bits per heavy atom. The van der Waals surface area contributed by atoms with E-state index in [2.05, 4.69) is 35.4 Å². The van der Waals surface area contributed by atoms with Crippen molar-refractivity contribution in [2.75, 3.05) is 16.8 Å². The molecule has 0 aliphatic carbocycles. The van der Waals surface area contributed by atoms with Crippen molar-refractivity contribution in [3.63, 3.8) is 0 Å². The molecule has 0 spiro atoms. The second kappa shape index (κ2) is 10.0. The highest BCUT2D eigenvalue weighted by Crippen LogP contribution is 2.22. The zero-order valence-electron chi connectivity index (χ0n) is 17.8. The van der Waals surface area contributed by atoms with E-state index in [1.54, 1.807) is 0 Å². The fourth-order valence-corrected chi connectivity index (χ4v) is 4.03. The molecule has 1 heterocycles. The van der Waals surface area contributed by atoms with Crippen LogP contribution in [0.2, 0.25) is 5.02 Å². The SMILES string of the molecule is Cc1ccc(NC(=O)CCN(c2nc(Cc3ccc(Cl)cc3)ns2)C(C)C)cc1C. The van der Waals surface area contributed by atoms with Crippen molar-refractivity contribution < 1.29 is 4.79 Å². The maximum absolute atomic E-state index is 12.5. The number of hydrogen-bond acceptors (Lipinski definition) is 5. The summed E-state index contributed by atoms with van der Waals surface area (Å²) < 4.78 is 4.51. The first-order valence-corrected chi connectivity index (χ1v) is 11.2. The van der Waals surface area contributed by atoms with E-state index >= 15 is 0 Å². The summed E-state index contributed by atoms with van der Waals surface area (Å²) in [7, 11) is 0. The van der Waals surface area contributed by atoms with Crippen molar-refractivity contribution in [2.45, 2.75) is 46.6 Å². The molecule has 2 aromatic carbocycles. The number of benzene rings is 2. The summed E-state index contributed by atoms with van der Waals surface area (Å²) in [6, 6.07) is 13.9. The predicted molar refractivity (Wildman–Crippen MR) is 126 cm³/mol. The van der Waals surface area contributed by atoms with Crippen LogP contribution in [0.25, 0.3) is 0 Å². The van der Waals surface area contributed by atoms with Crippen LogP contribution in [0.5, 0.6) is 0 Å². The van der Waals surface area contributed by atoms with Crippen LogP contribution in [-0.4, -0.2) is 27.9 Å². The lowest BCUT2D eigenvalue weighted by Crippen LogP contribution is -2.33. The monoisotopic (exact) mass is 442 g/mol. The van der Waals surface area contributed by atoms with Crippen molar-refractivity contribution >= 4 is 39.9 Å². The normalized spacial score (nSPS) is 11.0. The van der Waals surface area contributed by atoms with Crippen molar-refractivity contribution in [2.24, 2.45) is 0 Å². The zero-order valence-corrected chi connectivity index (χ0v) is 19.3. The topological polar surface area (TPSA) is 58.1 Å². The number of hydrogen-bond donors (Lipinski definition) is 1. The third kappa shape index (κ3) is 6.03. The molecule has 0 aliphatic heterocycles. The largest absolute Gasteiger partial charge is 0.344 e. The van der Waals surface area contributed by atoms with Gasteiger partial charge in [-0.3, -0.25) is 4.79 Å². The van der Waals surface area contributed by atoms with Gasteiger partial charge in [-0.1, -0.05) is 29.8 Å². The molecule has 30 heavy (non-hydrogen) atoms. The van der Waals surface area contributed by atoms with E-state index < -0.39 is 0 Å². The molecule has 1 aromatic heterocycles. The Kier molecular flexibility index (Phi) is 7.45. The summed E-state index contributed by atoms with van der Waals surface area (Å²) in [6.07, 6.45) is 1.05. The summed E-state index contributed by atoms with van der Waals surface area (Å²) in [5.74, 6) is 0.775. The van der Waals surface area contributed by atoms with Gasteiger partial charge in [-0.15, -0.1) is 0 Å². The summed E-state index contributed by atoms with van der Waals surface area (Å²) in [5, 5.41) is 4.55. The molecule has 0 aliphatic rings. The quantitative estimate of drug-likeness (QED) is 0.490. The lowest BCUT2D eigenvalue weighted by molar-refractivity contribution is -0.116. The highest BCUT2D eigenvalue weighted by atomic mass is 35.5. The Hall–Kier alpha value is -2.44. The van der Waals surface area contributed by atoms with E-state index in [4.69, 9.17) is 16.6 Å². The minimum atomic E-state index is -0.00481. The van der Waals surface area contributed by atoms with Gasteiger partial charge in [-0.2, -0.15) is 4.37 Å². The van der Waals surface area contributed by atoms with Gasteiger partial charge in [0.25, 0.3) is 0 Å². The highest BCUT2D eigenvalue weighted by Gasteiger charge is 2.17. The second-order valence-electron chi connectivity index (χ2n) is 7.68. The number of amides is 1. The number of carbonyl (C=O) groups excluding carboxylic acids is 1. The summed E-state index contributed by atoms with van der Waals surface area (Å²) >= 11 is 7.33. The van der Waals surface area contributed by atoms with Gasteiger partial charge in [0.1, 0.15) is 5.82 Å². The first kappa shape index (κ1) is 22.2. The van der Waals surface area contributed by atoms with Crippen LogP contribution < -0.4 is 10.2 Å². The number of anilines is 2. The molecular weight excluding hydrogens is 416 g/mol. The van der Waals surface area contributed by atoms with Crippen LogP contribution >= 0.6 is 23.1 Å². The van der Waals surface area contributed by atoms with Gasteiger partial charge in [0.15, 0.2) is 0 Å². The average molecular weight is 443 g/mol. The average Bonchev–Trinajstić information content (AvgIpc) is 3.14. The van der Waals surface area contributed by atoms with Gasteiger partial charge in [-0.25, -0.2) is 4.98 Å². The number of aryl methyl sites for hydroxylation is 2. The van der Waals surface area contributed by atoms with Crippen molar-refractivity contribution in [3.8, 4) is 0 Å². The van der Waals surface area contributed by atoms with E-state index in [9.17, 15) is 4.79 Å². The van der Waals surface area contributed by atoms with E-state index in [-0.39, 0.29) is 11.9 Å². The van der Waals surface area contributed by atoms with Crippen LogP contribution in [0.15, 0.2) is 42.5 Å². The summed E-state index contributed by atoms with van der Waals surface area (Å²) in [6.45, 7) is 8.89. The molecule has 0 fully saturated rings. The van der Waals surface area contributed by atoms with Crippen LogP contribution in [0.3, 0.4) is 0 Å². The third-order valence-electron chi connectivity index (χ3n) is 4.97.